The molecule has 0 aromatic carbocycles. The van der Waals surface area contributed by atoms with E-state index in [9.17, 15) is 22.8 Å². The number of pyridine rings is 1. The van der Waals surface area contributed by atoms with Crippen LogP contribution in [0.4, 0.5) is 19.0 Å². The highest BCUT2D eigenvalue weighted by molar-refractivity contribution is 5.88. The number of aromatic nitrogens is 1. The molecule has 0 saturated carbocycles. The van der Waals surface area contributed by atoms with Crippen LogP contribution in [-0.2, 0) is 15.8 Å². The van der Waals surface area contributed by atoms with E-state index in [2.05, 4.69) is 15.6 Å². The highest BCUT2D eigenvalue weighted by Gasteiger charge is 2.35. The van der Waals surface area contributed by atoms with Crippen LogP contribution < -0.4 is 10.6 Å². The third kappa shape index (κ3) is 4.86. The van der Waals surface area contributed by atoms with Crippen LogP contribution in [0.5, 0.6) is 0 Å². The number of rotatable bonds is 6. The fourth-order valence-corrected chi connectivity index (χ4v) is 2.89. The number of halogens is 3. The zero-order valence-corrected chi connectivity index (χ0v) is 14.8. The fourth-order valence-electron chi connectivity index (χ4n) is 2.89. The molecule has 0 aliphatic carbocycles. The Balaban J connectivity index is 1.85. The number of amides is 2. The Hall–Kier alpha value is -2.32. The summed E-state index contributed by atoms with van der Waals surface area (Å²) in [5.41, 5.74) is -0.851. The Morgan fingerprint density at radius 3 is 2.73 bits per heavy atom. The second kappa shape index (κ2) is 8.37. The zero-order chi connectivity index (χ0) is 19.3. The van der Waals surface area contributed by atoms with Gasteiger partial charge < -0.3 is 15.5 Å². The molecular weight excluding hydrogens is 349 g/mol. The van der Waals surface area contributed by atoms with Gasteiger partial charge >= 0.3 is 6.18 Å². The normalized spacial score (nSPS) is 17.5. The molecule has 1 atom stereocenters. The predicted molar refractivity (Wildman–Crippen MR) is 90.3 cm³/mol. The summed E-state index contributed by atoms with van der Waals surface area (Å²) in [7, 11) is 0. The van der Waals surface area contributed by atoms with Crippen LogP contribution in [0.15, 0.2) is 18.3 Å². The Morgan fingerprint density at radius 2 is 2.08 bits per heavy atom. The van der Waals surface area contributed by atoms with Gasteiger partial charge in [0.2, 0.25) is 11.8 Å². The summed E-state index contributed by atoms with van der Waals surface area (Å²) in [6, 6.07) is 1.66. The number of nitrogens with one attached hydrogen (secondary N) is 2. The summed E-state index contributed by atoms with van der Waals surface area (Å²) in [5, 5.41) is 5.26. The maximum Gasteiger partial charge on any atom is 0.419 e. The van der Waals surface area contributed by atoms with E-state index in [1.165, 1.54) is 12.3 Å². The lowest BCUT2D eigenvalue weighted by Crippen LogP contribution is -2.48. The highest BCUT2D eigenvalue weighted by Crippen LogP contribution is 2.33. The molecule has 1 unspecified atom stereocenters. The van der Waals surface area contributed by atoms with Gasteiger partial charge in [-0.3, -0.25) is 9.59 Å². The maximum atomic E-state index is 12.9. The molecule has 2 heterocycles. The molecule has 2 rings (SSSR count). The third-order valence-corrected chi connectivity index (χ3v) is 4.16. The second-order valence-electron chi connectivity index (χ2n) is 6.46. The van der Waals surface area contributed by atoms with Gasteiger partial charge in [-0.2, -0.15) is 13.2 Å². The van der Waals surface area contributed by atoms with Crippen molar-refractivity contribution in [2.24, 2.45) is 5.92 Å². The number of carbonyl (C=O) groups excluding carboxylic acids is 2. The average molecular weight is 372 g/mol. The van der Waals surface area contributed by atoms with Gasteiger partial charge in [0.05, 0.1) is 5.56 Å². The minimum absolute atomic E-state index is 0.0657. The Morgan fingerprint density at radius 1 is 1.35 bits per heavy atom. The molecule has 1 fully saturated rings. The molecule has 26 heavy (non-hydrogen) atoms. The Bertz CT molecular complexity index is 649. The molecule has 144 valence electrons. The molecule has 9 heteroatoms. The van der Waals surface area contributed by atoms with Crippen molar-refractivity contribution < 1.29 is 22.8 Å². The molecule has 0 bridgehead atoms. The molecule has 1 saturated heterocycles. The van der Waals surface area contributed by atoms with E-state index >= 15 is 0 Å². The fraction of sp³-hybridized carbons (Fsp3) is 0.588. The standard InChI is InChI=1S/C17H23F3N4O2/c1-11(2)16(26)24-10-4-6-13(24)15(25)23-9-8-22-14-12(17(18,19)20)5-3-7-21-14/h3,5,7,11,13H,4,6,8-10H2,1-2H3,(H,21,22)(H,23,25). The molecule has 1 aliphatic rings. The van der Waals surface area contributed by atoms with Crippen LogP contribution in [0.3, 0.4) is 0 Å². The average Bonchev–Trinajstić information content (AvgIpc) is 3.06. The van der Waals surface area contributed by atoms with Crippen LogP contribution in [0.25, 0.3) is 0 Å². The van der Waals surface area contributed by atoms with E-state index in [-0.39, 0.29) is 36.6 Å². The van der Waals surface area contributed by atoms with Crippen molar-refractivity contribution in [3.05, 3.63) is 23.9 Å². The first-order valence-corrected chi connectivity index (χ1v) is 8.56. The first-order chi connectivity index (χ1) is 12.2. The van der Waals surface area contributed by atoms with Gasteiger partial charge in [0.1, 0.15) is 11.9 Å². The van der Waals surface area contributed by atoms with Crippen molar-refractivity contribution in [1.82, 2.24) is 15.2 Å². The first-order valence-electron chi connectivity index (χ1n) is 8.56. The van der Waals surface area contributed by atoms with Crippen molar-refractivity contribution in [1.29, 1.82) is 0 Å². The monoisotopic (exact) mass is 372 g/mol. The SMILES string of the molecule is CC(C)C(=O)N1CCCC1C(=O)NCCNc1ncccc1C(F)(F)F. The minimum atomic E-state index is -4.50. The van der Waals surface area contributed by atoms with Gasteiger partial charge in [-0.25, -0.2) is 4.98 Å². The van der Waals surface area contributed by atoms with Crippen LogP contribution >= 0.6 is 0 Å². The smallest absolute Gasteiger partial charge is 0.368 e. The maximum absolute atomic E-state index is 12.9. The summed E-state index contributed by atoms with van der Waals surface area (Å²) in [4.78, 5) is 29.7. The van der Waals surface area contributed by atoms with Gasteiger partial charge in [-0.1, -0.05) is 13.8 Å². The molecule has 6 nitrogen and oxygen atoms in total. The highest BCUT2D eigenvalue weighted by atomic mass is 19.4. The Labute approximate surface area is 150 Å². The number of anilines is 1. The predicted octanol–water partition coefficient (Wildman–Crippen LogP) is 2.28. The third-order valence-electron chi connectivity index (χ3n) is 4.16. The lowest BCUT2D eigenvalue weighted by atomic mass is 10.1. The van der Waals surface area contributed by atoms with Crippen molar-refractivity contribution in [3.63, 3.8) is 0 Å². The lowest BCUT2D eigenvalue weighted by Gasteiger charge is -2.25. The van der Waals surface area contributed by atoms with Gasteiger partial charge in [-0.05, 0) is 25.0 Å². The van der Waals surface area contributed by atoms with Gasteiger partial charge in [0, 0.05) is 31.7 Å². The van der Waals surface area contributed by atoms with E-state index < -0.39 is 17.8 Å². The minimum Gasteiger partial charge on any atom is -0.368 e. The molecule has 1 aromatic rings. The summed E-state index contributed by atoms with van der Waals surface area (Å²) in [5.74, 6) is -0.804. The molecule has 0 spiro atoms. The van der Waals surface area contributed by atoms with Crippen LogP contribution in [-0.4, -0.2) is 47.4 Å². The second-order valence-corrected chi connectivity index (χ2v) is 6.46. The van der Waals surface area contributed by atoms with Crippen molar-refractivity contribution in [3.8, 4) is 0 Å². The molecule has 0 radical (unpaired) electrons. The Kier molecular flexibility index (Phi) is 6.44. The summed E-state index contributed by atoms with van der Waals surface area (Å²) in [6.45, 7) is 4.34. The van der Waals surface area contributed by atoms with Crippen molar-refractivity contribution in [2.45, 2.75) is 38.9 Å². The number of hydrogen-bond donors (Lipinski definition) is 2. The first kappa shape index (κ1) is 20.0. The zero-order valence-electron chi connectivity index (χ0n) is 14.8. The quantitative estimate of drug-likeness (QED) is 0.752. The number of carbonyl (C=O) groups is 2. The molecular formula is C17H23F3N4O2. The lowest BCUT2D eigenvalue weighted by molar-refractivity contribution is -0.140. The van der Waals surface area contributed by atoms with E-state index in [0.717, 1.165) is 12.5 Å². The summed E-state index contributed by atoms with van der Waals surface area (Å²) < 4.78 is 38.7. The number of likely N-dealkylation sites (tertiary alicyclic amines) is 1. The molecule has 2 amide bonds. The van der Waals surface area contributed by atoms with E-state index in [4.69, 9.17) is 0 Å². The van der Waals surface area contributed by atoms with Crippen LogP contribution in [0.1, 0.15) is 32.3 Å². The van der Waals surface area contributed by atoms with E-state index in [1.54, 1.807) is 18.7 Å². The van der Waals surface area contributed by atoms with Crippen molar-refractivity contribution >= 4 is 17.6 Å². The van der Waals surface area contributed by atoms with Crippen LogP contribution in [0, 0.1) is 5.92 Å². The van der Waals surface area contributed by atoms with Gasteiger partial charge in [-0.15, -0.1) is 0 Å². The van der Waals surface area contributed by atoms with Crippen molar-refractivity contribution in [2.75, 3.05) is 25.0 Å². The molecule has 1 aliphatic heterocycles. The van der Waals surface area contributed by atoms with Gasteiger partial charge in [0.15, 0.2) is 0 Å². The van der Waals surface area contributed by atoms with E-state index in [0.29, 0.717) is 13.0 Å². The topological polar surface area (TPSA) is 74.3 Å². The number of nitrogens with zero attached hydrogens (tertiary/aromatic N) is 2. The molecule has 2 N–H and O–H groups in total. The number of hydrogen-bond acceptors (Lipinski definition) is 4. The molecule has 1 aromatic heterocycles. The summed E-state index contributed by atoms with van der Waals surface area (Å²) in [6.07, 6.45) is -1.88. The largest absolute Gasteiger partial charge is 0.419 e. The van der Waals surface area contributed by atoms with Crippen LogP contribution in [0.2, 0.25) is 0 Å². The summed E-state index contributed by atoms with van der Waals surface area (Å²) >= 11 is 0. The number of alkyl halides is 3. The van der Waals surface area contributed by atoms with Gasteiger partial charge in [0.25, 0.3) is 0 Å². The van der Waals surface area contributed by atoms with E-state index in [1.807, 2.05) is 0 Å².